The molecule has 0 aliphatic carbocycles. The molecule has 1 heterocycles. The molecule has 0 unspecified atom stereocenters. The Balaban J connectivity index is 1.91. The lowest BCUT2D eigenvalue weighted by Crippen LogP contribution is -2.19. The molecule has 20 heavy (non-hydrogen) atoms. The minimum atomic E-state index is -0.287. The number of phenols is 2. The number of hydrazone groups is 1. The topological polar surface area (TPSA) is 94.8 Å². The Kier molecular flexibility index (Phi) is 4.31. The van der Waals surface area contributed by atoms with Crippen molar-refractivity contribution in [3.05, 3.63) is 39.8 Å². The van der Waals surface area contributed by atoms with Crippen LogP contribution >= 0.6 is 11.3 Å². The van der Waals surface area contributed by atoms with Crippen LogP contribution in [0.15, 0.2) is 28.7 Å². The second-order valence-corrected chi connectivity index (χ2v) is 5.13. The highest BCUT2D eigenvalue weighted by Crippen LogP contribution is 2.20. The van der Waals surface area contributed by atoms with E-state index in [-0.39, 0.29) is 23.8 Å². The van der Waals surface area contributed by atoms with Gasteiger partial charge in [0.25, 0.3) is 0 Å². The number of nitrogens with one attached hydrogen (secondary N) is 1. The number of carbonyl (C=O) groups is 1. The lowest BCUT2D eigenvalue weighted by atomic mass is 10.2. The summed E-state index contributed by atoms with van der Waals surface area (Å²) < 4.78 is 0. The summed E-state index contributed by atoms with van der Waals surface area (Å²) in [5, 5.41) is 25.1. The number of rotatable bonds is 4. The zero-order valence-electron chi connectivity index (χ0n) is 10.7. The third kappa shape index (κ3) is 3.79. The standard InChI is InChI=1S/C13H13N3O3S/c1-8-15-10(7-20-8)4-13(19)16-14-6-9-2-3-11(17)5-12(9)18/h2-3,5-7,17-18H,4H2,1H3,(H,16,19). The number of carbonyl (C=O) groups excluding carboxylic acids is 1. The molecule has 1 aromatic carbocycles. The smallest absolute Gasteiger partial charge is 0.246 e. The number of amides is 1. The molecule has 0 atom stereocenters. The molecular weight excluding hydrogens is 278 g/mol. The van der Waals surface area contributed by atoms with Crippen LogP contribution in [0.3, 0.4) is 0 Å². The average molecular weight is 291 g/mol. The van der Waals surface area contributed by atoms with Crippen LogP contribution in [0.4, 0.5) is 0 Å². The van der Waals surface area contributed by atoms with E-state index in [1.807, 2.05) is 12.3 Å². The van der Waals surface area contributed by atoms with Gasteiger partial charge in [-0.3, -0.25) is 4.79 Å². The summed E-state index contributed by atoms with van der Waals surface area (Å²) >= 11 is 1.48. The van der Waals surface area contributed by atoms with E-state index < -0.39 is 0 Å². The van der Waals surface area contributed by atoms with Crippen molar-refractivity contribution in [2.24, 2.45) is 5.10 Å². The first-order valence-corrected chi connectivity index (χ1v) is 6.67. The average Bonchev–Trinajstić information content (AvgIpc) is 2.77. The molecule has 1 aromatic heterocycles. The van der Waals surface area contributed by atoms with Crippen LogP contribution in [0.1, 0.15) is 16.3 Å². The molecule has 1 amide bonds. The predicted octanol–water partition coefficient (Wildman–Crippen LogP) is 1.56. The summed E-state index contributed by atoms with van der Waals surface area (Å²) in [6, 6.07) is 4.10. The maximum absolute atomic E-state index is 11.6. The zero-order chi connectivity index (χ0) is 14.5. The Morgan fingerprint density at radius 1 is 1.50 bits per heavy atom. The van der Waals surface area contributed by atoms with Crippen molar-refractivity contribution in [1.29, 1.82) is 0 Å². The summed E-state index contributed by atoms with van der Waals surface area (Å²) in [5.41, 5.74) is 3.45. The van der Waals surface area contributed by atoms with Gasteiger partial charge in [-0.1, -0.05) is 0 Å². The molecule has 6 nitrogen and oxygen atoms in total. The third-order valence-electron chi connectivity index (χ3n) is 2.42. The summed E-state index contributed by atoms with van der Waals surface area (Å²) in [5.74, 6) is -0.439. The second kappa shape index (κ2) is 6.16. The van der Waals surface area contributed by atoms with Crippen LogP contribution < -0.4 is 5.43 Å². The van der Waals surface area contributed by atoms with Gasteiger partial charge in [0, 0.05) is 17.0 Å². The Morgan fingerprint density at radius 3 is 2.95 bits per heavy atom. The van der Waals surface area contributed by atoms with Crippen LogP contribution in [-0.2, 0) is 11.2 Å². The fourth-order valence-corrected chi connectivity index (χ4v) is 2.12. The van der Waals surface area contributed by atoms with Crippen LogP contribution in [0.2, 0.25) is 0 Å². The molecule has 2 rings (SSSR count). The molecule has 0 spiro atoms. The van der Waals surface area contributed by atoms with Crippen molar-refractivity contribution >= 4 is 23.5 Å². The van der Waals surface area contributed by atoms with Gasteiger partial charge in [0.1, 0.15) is 11.5 Å². The maximum atomic E-state index is 11.6. The number of aromatic nitrogens is 1. The number of hydrogen-bond donors (Lipinski definition) is 3. The molecule has 3 N–H and O–H groups in total. The van der Waals surface area contributed by atoms with Crippen molar-refractivity contribution in [2.45, 2.75) is 13.3 Å². The lowest BCUT2D eigenvalue weighted by Gasteiger charge is -2.00. The Hall–Kier alpha value is -2.41. The minimum absolute atomic E-state index is 0.0393. The quantitative estimate of drug-likeness (QED) is 0.588. The van der Waals surface area contributed by atoms with Gasteiger partial charge in [0.15, 0.2) is 0 Å². The van der Waals surface area contributed by atoms with Gasteiger partial charge >= 0.3 is 0 Å². The molecule has 104 valence electrons. The van der Waals surface area contributed by atoms with Gasteiger partial charge in [0.2, 0.25) is 5.91 Å². The van der Waals surface area contributed by atoms with E-state index in [1.165, 1.54) is 35.8 Å². The number of hydrogen-bond acceptors (Lipinski definition) is 6. The van der Waals surface area contributed by atoms with E-state index in [2.05, 4.69) is 15.5 Å². The van der Waals surface area contributed by atoms with E-state index in [1.54, 1.807) is 0 Å². The fourth-order valence-electron chi connectivity index (χ4n) is 1.51. The van der Waals surface area contributed by atoms with Gasteiger partial charge in [-0.05, 0) is 19.1 Å². The monoisotopic (exact) mass is 291 g/mol. The number of nitrogens with zero attached hydrogens (tertiary/aromatic N) is 2. The van der Waals surface area contributed by atoms with Crippen molar-refractivity contribution in [3.63, 3.8) is 0 Å². The molecular formula is C13H13N3O3S. The maximum Gasteiger partial charge on any atom is 0.246 e. The van der Waals surface area contributed by atoms with Crippen LogP contribution in [0.5, 0.6) is 11.5 Å². The Morgan fingerprint density at radius 2 is 2.30 bits per heavy atom. The van der Waals surface area contributed by atoms with E-state index >= 15 is 0 Å². The molecule has 0 fully saturated rings. The van der Waals surface area contributed by atoms with Crippen molar-refractivity contribution in [3.8, 4) is 11.5 Å². The molecule has 7 heteroatoms. The summed E-state index contributed by atoms with van der Waals surface area (Å²) in [6.45, 7) is 1.87. The summed E-state index contributed by atoms with van der Waals surface area (Å²) in [7, 11) is 0. The SMILES string of the molecule is Cc1nc(CC(=O)NN=Cc2ccc(O)cc2O)cs1. The number of benzene rings is 1. The first-order chi connectivity index (χ1) is 9.54. The molecule has 0 aliphatic rings. The van der Waals surface area contributed by atoms with Gasteiger partial charge < -0.3 is 10.2 Å². The minimum Gasteiger partial charge on any atom is -0.508 e. The summed E-state index contributed by atoms with van der Waals surface area (Å²) in [4.78, 5) is 15.8. The predicted molar refractivity (Wildman–Crippen MR) is 76.1 cm³/mol. The molecule has 0 saturated heterocycles. The van der Waals surface area contributed by atoms with E-state index in [0.29, 0.717) is 11.3 Å². The number of thiazole rings is 1. The molecule has 0 saturated carbocycles. The van der Waals surface area contributed by atoms with Crippen molar-refractivity contribution in [2.75, 3.05) is 0 Å². The van der Waals surface area contributed by atoms with Crippen LogP contribution in [0.25, 0.3) is 0 Å². The number of phenolic OH excluding ortho intramolecular Hbond substituents is 2. The molecule has 0 bridgehead atoms. The highest BCUT2D eigenvalue weighted by Gasteiger charge is 2.05. The van der Waals surface area contributed by atoms with E-state index in [0.717, 1.165) is 5.01 Å². The zero-order valence-corrected chi connectivity index (χ0v) is 11.5. The van der Waals surface area contributed by atoms with E-state index in [9.17, 15) is 9.90 Å². The second-order valence-electron chi connectivity index (χ2n) is 4.07. The highest BCUT2D eigenvalue weighted by molar-refractivity contribution is 7.09. The summed E-state index contributed by atoms with van der Waals surface area (Å²) in [6.07, 6.45) is 1.46. The third-order valence-corrected chi connectivity index (χ3v) is 3.24. The first kappa shape index (κ1) is 14.0. The van der Waals surface area contributed by atoms with Gasteiger partial charge in [-0.15, -0.1) is 11.3 Å². The van der Waals surface area contributed by atoms with Gasteiger partial charge in [0.05, 0.1) is 23.3 Å². The highest BCUT2D eigenvalue weighted by atomic mass is 32.1. The van der Waals surface area contributed by atoms with Crippen LogP contribution in [0, 0.1) is 6.92 Å². The van der Waals surface area contributed by atoms with Gasteiger partial charge in [-0.25, -0.2) is 10.4 Å². The normalized spacial score (nSPS) is 10.8. The van der Waals surface area contributed by atoms with E-state index in [4.69, 9.17) is 5.11 Å². The number of aromatic hydroxyl groups is 2. The Labute approximate surface area is 119 Å². The molecule has 0 aliphatic heterocycles. The fraction of sp³-hybridized carbons (Fsp3) is 0.154. The number of aryl methyl sites for hydroxylation is 1. The Bertz CT molecular complexity index is 652. The van der Waals surface area contributed by atoms with Crippen molar-refractivity contribution in [1.82, 2.24) is 10.4 Å². The largest absolute Gasteiger partial charge is 0.508 e. The van der Waals surface area contributed by atoms with Gasteiger partial charge in [-0.2, -0.15) is 5.10 Å². The van der Waals surface area contributed by atoms with Crippen LogP contribution in [-0.4, -0.2) is 27.3 Å². The molecule has 2 aromatic rings. The molecule has 0 radical (unpaired) electrons. The first-order valence-electron chi connectivity index (χ1n) is 5.79. The van der Waals surface area contributed by atoms with Crippen molar-refractivity contribution < 1.29 is 15.0 Å². The lowest BCUT2D eigenvalue weighted by molar-refractivity contribution is -0.120.